The number of nitrogens with zero attached hydrogens (tertiary/aromatic N) is 2. The molecule has 0 aliphatic rings. The number of rotatable bonds is 4. The molecule has 78 valence electrons. The lowest BCUT2D eigenvalue weighted by atomic mass is 10.3. The van der Waals surface area contributed by atoms with Gasteiger partial charge in [-0.2, -0.15) is 0 Å². The van der Waals surface area contributed by atoms with Crippen molar-refractivity contribution in [1.29, 1.82) is 0 Å². The lowest BCUT2D eigenvalue weighted by Gasteiger charge is -2.18. The highest BCUT2D eigenvalue weighted by Crippen LogP contribution is 2.11. The van der Waals surface area contributed by atoms with Crippen molar-refractivity contribution in [3.05, 3.63) is 22.8 Å². The molecule has 0 spiro atoms. The van der Waals surface area contributed by atoms with Crippen LogP contribution < -0.4 is 5.32 Å². The Morgan fingerprint density at radius 3 is 2.71 bits per heavy atom. The summed E-state index contributed by atoms with van der Waals surface area (Å²) >= 11 is 3.35. The maximum absolute atomic E-state index is 4.25. The predicted molar refractivity (Wildman–Crippen MR) is 63.6 cm³/mol. The zero-order chi connectivity index (χ0) is 10.6. The van der Waals surface area contributed by atoms with Crippen LogP contribution >= 0.6 is 15.9 Å². The van der Waals surface area contributed by atoms with Crippen LogP contribution in [0.4, 0.5) is 5.82 Å². The Bertz CT molecular complexity index is 271. The molecule has 4 heteroatoms. The van der Waals surface area contributed by atoms with Gasteiger partial charge in [-0.25, -0.2) is 4.98 Å². The van der Waals surface area contributed by atoms with Crippen molar-refractivity contribution in [2.75, 3.05) is 26.0 Å². The van der Waals surface area contributed by atoms with Crippen molar-refractivity contribution >= 4 is 21.7 Å². The third-order valence-corrected chi connectivity index (χ3v) is 2.23. The van der Waals surface area contributed by atoms with Crippen LogP contribution in [-0.4, -0.2) is 36.6 Å². The van der Waals surface area contributed by atoms with Gasteiger partial charge in [0, 0.05) is 23.3 Å². The fraction of sp³-hybridized carbons (Fsp3) is 0.500. The second-order valence-corrected chi connectivity index (χ2v) is 4.58. The van der Waals surface area contributed by atoms with Crippen LogP contribution in [0.1, 0.15) is 6.92 Å². The largest absolute Gasteiger partial charge is 0.366 e. The van der Waals surface area contributed by atoms with Gasteiger partial charge in [0.1, 0.15) is 5.82 Å². The van der Waals surface area contributed by atoms with Gasteiger partial charge in [0.05, 0.1) is 0 Å². The quantitative estimate of drug-likeness (QED) is 0.897. The van der Waals surface area contributed by atoms with Gasteiger partial charge in [-0.15, -0.1) is 0 Å². The smallest absolute Gasteiger partial charge is 0.126 e. The molecule has 1 aromatic heterocycles. The molecule has 1 heterocycles. The first-order valence-corrected chi connectivity index (χ1v) is 5.40. The van der Waals surface area contributed by atoms with Gasteiger partial charge < -0.3 is 10.2 Å². The first-order valence-electron chi connectivity index (χ1n) is 4.61. The second-order valence-electron chi connectivity index (χ2n) is 3.67. The lowest BCUT2D eigenvalue weighted by Crippen LogP contribution is -2.29. The molecule has 1 unspecified atom stereocenters. The summed E-state index contributed by atoms with van der Waals surface area (Å²) in [6.07, 6.45) is 1.80. The minimum absolute atomic E-state index is 0.402. The molecule has 1 atom stereocenters. The summed E-state index contributed by atoms with van der Waals surface area (Å²) in [4.78, 5) is 6.40. The van der Waals surface area contributed by atoms with Crippen LogP contribution in [0.25, 0.3) is 0 Å². The van der Waals surface area contributed by atoms with E-state index in [0.29, 0.717) is 6.04 Å². The van der Waals surface area contributed by atoms with Crippen LogP contribution in [0.5, 0.6) is 0 Å². The molecule has 0 saturated heterocycles. The van der Waals surface area contributed by atoms with Gasteiger partial charge in [0.15, 0.2) is 0 Å². The monoisotopic (exact) mass is 257 g/mol. The highest BCUT2D eigenvalue weighted by molar-refractivity contribution is 9.10. The Morgan fingerprint density at radius 1 is 1.50 bits per heavy atom. The standard InChI is InChI=1S/C10H16BrN3/c1-8(7-14(2)3)13-10-5-4-9(11)6-12-10/h4-6,8H,7H2,1-3H3,(H,12,13). The van der Waals surface area contributed by atoms with Crippen molar-refractivity contribution < 1.29 is 0 Å². The first-order chi connectivity index (χ1) is 6.58. The van der Waals surface area contributed by atoms with Gasteiger partial charge >= 0.3 is 0 Å². The third kappa shape index (κ3) is 4.07. The van der Waals surface area contributed by atoms with E-state index in [0.717, 1.165) is 16.8 Å². The average Bonchev–Trinajstić information content (AvgIpc) is 2.07. The number of likely N-dealkylation sites (N-methyl/N-ethyl adjacent to an activating group) is 1. The summed E-state index contributed by atoms with van der Waals surface area (Å²) in [5, 5.41) is 3.33. The number of pyridine rings is 1. The molecule has 14 heavy (non-hydrogen) atoms. The molecule has 0 aliphatic heterocycles. The van der Waals surface area contributed by atoms with E-state index in [1.165, 1.54) is 0 Å². The van der Waals surface area contributed by atoms with Crippen LogP contribution in [-0.2, 0) is 0 Å². The maximum Gasteiger partial charge on any atom is 0.126 e. The van der Waals surface area contributed by atoms with Gasteiger partial charge in [-0.05, 0) is 49.1 Å². The van der Waals surface area contributed by atoms with Crippen LogP contribution in [0.2, 0.25) is 0 Å². The molecule has 0 saturated carbocycles. The molecule has 1 rings (SSSR count). The van der Waals surface area contributed by atoms with E-state index in [1.54, 1.807) is 6.20 Å². The summed E-state index contributed by atoms with van der Waals surface area (Å²) < 4.78 is 1.00. The molecule has 1 aromatic rings. The van der Waals surface area contributed by atoms with Gasteiger partial charge in [-0.3, -0.25) is 0 Å². The summed E-state index contributed by atoms with van der Waals surface area (Å²) in [6.45, 7) is 3.14. The number of nitrogens with one attached hydrogen (secondary N) is 1. The minimum Gasteiger partial charge on any atom is -0.366 e. The summed E-state index contributed by atoms with van der Waals surface area (Å²) in [7, 11) is 4.13. The highest BCUT2D eigenvalue weighted by atomic mass is 79.9. The van der Waals surface area contributed by atoms with E-state index in [2.05, 4.69) is 52.1 Å². The molecule has 0 amide bonds. The Morgan fingerprint density at radius 2 is 2.21 bits per heavy atom. The van der Waals surface area contributed by atoms with Gasteiger partial charge in [0.2, 0.25) is 0 Å². The van der Waals surface area contributed by atoms with E-state index < -0.39 is 0 Å². The Labute approximate surface area is 93.7 Å². The molecule has 0 radical (unpaired) electrons. The topological polar surface area (TPSA) is 28.2 Å². The van der Waals surface area contributed by atoms with E-state index in [1.807, 2.05) is 12.1 Å². The van der Waals surface area contributed by atoms with E-state index in [9.17, 15) is 0 Å². The number of aromatic nitrogens is 1. The Kier molecular flexibility index (Phi) is 4.35. The SMILES string of the molecule is CC(CN(C)C)Nc1ccc(Br)cn1. The molecule has 0 aromatic carbocycles. The van der Waals surface area contributed by atoms with E-state index >= 15 is 0 Å². The van der Waals surface area contributed by atoms with Crippen molar-refractivity contribution in [3.63, 3.8) is 0 Å². The molecular weight excluding hydrogens is 242 g/mol. The molecule has 1 N–H and O–H groups in total. The number of anilines is 1. The van der Waals surface area contributed by atoms with Crippen LogP contribution in [0.3, 0.4) is 0 Å². The normalized spacial score (nSPS) is 12.9. The fourth-order valence-corrected chi connectivity index (χ4v) is 1.54. The van der Waals surface area contributed by atoms with Crippen molar-refractivity contribution in [1.82, 2.24) is 9.88 Å². The molecule has 3 nitrogen and oxygen atoms in total. The maximum atomic E-state index is 4.25. The zero-order valence-corrected chi connectivity index (χ0v) is 10.4. The lowest BCUT2D eigenvalue weighted by molar-refractivity contribution is 0.392. The van der Waals surface area contributed by atoms with E-state index in [4.69, 9.17) is 0 Å². The molecule has 0 fully saturated rings. The Hall–Kier alpha value is -0.610. The Balaban J connectivity index is 2.47. The number of hydrogen-bond acceptors (Lipinski definition) is 3. The van der Waals surface area contributed by atoms with Crippen molar-refractivity contribution in [3.8, 4) is 0 Å². The van der Waals surface area contributed by atoms with Gasteiger partial charge in [0.25, 0.3) is 0 Å². The zero-order valence-electron chi connectivity index (χ0n) is 8.79. The minimum atomic E-state index is 0.402. The third-order valence-electron chi connectivity index (χ3n) is 1.76. The molecule has 0 bridgehead atoms. The second kappa shape index (κ2) is 5.32. The van der Waals surface area contributed by atoms with Gasteiger partial charge in [-0.1, -0.05) is 0 Å². The van der Waals surface area contributed by atoms with Crippen molar-refractivity contribution in [2.24, 2.45) is 0 Å². The number of hydrogen-bond donors (Lipinski definition) is 1. The summed E-state index contributed by atoms with van der Waals surface area (Å²) in [5.74, 6) is 0.919. The van der Waals surface area contributed by atoms with Crippen LogP contribution in [0.15, 0.2) is 22.8 Å². The first kappa shape index (κ1) is 11.5. The van der Waals surface area contributed by atoms with Crippen LogP contribution in [0, 0.1) is 0 Å². The van der Waals surface area contributed by atoms with E-state index in [-0.39, 0.29) is 0 Å². The average molecular weight is 258 g/mol. The highest BCUT2D eigenvalue weighted by Gasteiger charge is 2.03. The summed E-state index contributed by atoms with van der Waals surface area (Å²) in [5.41, 5.74) is 0. The fourth-order valence-electron chi connectivity index (χ4n) is 1.31. The summed E-state index contributed by atoms with van der Waals surface area (Å²) in [6, 6.07) is 4.35. The van der Waals surface area contributed by atoms with Crippen molar-refractivity contribution in [2.45, 2.75) is 13.0 Å². The molecular formula is C10H16BrN3. The predicted octanol–water partition coefficient (Wildman–Crippen LogP) is 2.21. The number of halogens is 1. The molecule has 0 aliphatic carbocycles.